The molecule has 0 unspecified atom stereocenters. The molecule has 2 aromatic carbocycles. The summed E-state index contributed by atoms with van der Waals surface area (Å²) < 4.78 is 5.82. The van der Waals surface area contributed by atoms with Crippen LogP contribution in [0.1, 0.15) is 30.0 Å². The third-order valence-electron chi connectivity index (χ3n) is 5.81. The van der Waals surface area contributed by atoms with Gasteiger partial charge >= 0.3 is 0 Å². The van der Waals surface area contributed by atoms with Crippen molar-refractivity contribution in [1.82, 2.24) is 15.6 Å². The fourth-order valence-electron chi connectivity index (χ4n) is 4.36. The predicted molar refractivity (Wildman–Crippen MR) is 116 cm³/mol. The molecule has 4 aromatic rings. The molecule has 0 bridgehead atoms. The number of hydrogen-bond donors (Lipinski definition) is 2. The van der Waals surface area contributed by atoms with Crippen molar-refractivity contribution in [3.63, 3.8) is 0 Å². The van der Waals surface area contributed by atoms with Crippen LogP contribution in [0.5, 0.6) is 0 Å². The molecule has 4 heteroatoms. The van der Waals surface area contributed by atoms with Crippen LogP contribution in [0.15, 0.2) is 83.7 Å². The minimum Gasteiger partial charge on any atom is -0.464 e. The first-order valence-electron chi connectivity index (χ1n) is 10.3. The predicted octanol–water partition coefficient (Wildman–Crippen LogP) is 5.08. The van der Waals surface area contributed by atoms with E-state index in [-0.39, 0.29) is 0 Å². The molecule has 0 amide bonds. The summed E-state index contributed by atoms with van der Waals surface area (Å²) in [6.45, 7) is 1.84. The summed E-state index contributed by atoms with van der Waals surface area (Å²) in [6.07, 6.45) is 7.81. The van der Waals surface area contributed by atoms with Gasteiger partial charge in [0.15, 0.2) is 0 Å². The van der Waals surface area contributed by atoms with Gasteiger partial charge in [0.25, 0.3) is 0 Å². The van der Waals surface area contributed by atoms with Crippen molar-refractivity contribution >= 4 is 11.0 Å². The van der Waals surface area contributed by atoms with E-state index in [0.29, 0.717) is 12.1 Å². The molecule has 4 nitrogen and oxygen atoms in total. The largest absolute Gasteiger partial charge is 0.464 e. The summed E-state index contributed by atoms with van der Waals surface area (Å²) in [5.74, 6) is 0. The Balaban J connectivity index is 1.42. The quantitative estimate of drug-likeness (QED) is 0.505. The first kappa shape index (κ1) is 18.1. The summed E-state index contributed by atoms with van der Waals surface area (Å²) in [5.41, 5.74) is 5.87. The summed E-state index contributed by atoms with van der Waals surface area (Å²) in [5, 5.41) is 8.65. The van der Waals surface area contributed by atoms with Crippen molar-refractivity contribution in [1.29, 1.82) is 0 Å². The molecule has 1 saturated heterocycles. The molecule has 0 radical (unpaired) electrons. The molecule has 0 saturated carbocycles. The van der Waals surface area contributed by atoms with E-state index < -0.39 is 0 Å². The Hall–Kier alpha value is -2.95. The first-order chi connectivity index (χ1) is 14.4. The van der Waals surface area contributed by atoms with Gasteiger partial charge in [-0.25, -0.2) is 0 Å². The topological polar surface area (TPSA) is 50.1 Å². The summed E-state index contributed by atoms with van der Waals surface area (Å²) in [4.78, 5) is 4.14. The van der Waals surface area contributed by atoms with Gasteiger partial charge in [-0.3, -0.25) is 4.98 Å². The monoisotopic (exact) mass is 383 g/mol. The zero-order valence-corrected chi connectivity index (χ0v) is 16.3. The van der Waals surface area contributed by atoms with Gasteiger partial charge < -0.3 is 15.1 Å². The number of nitrogens with one attached hydrogen (secondary N) is 2. The number of furan rings is 1. The molecule has 146 valence electrons. The lowest BCUT2D eigenvalue weighted by molar-refractivity contribution is 0.304. The van der Waals surface area contributed by atoms with Gasteiger partial charge in [-0.15, -0.1) is 0 Å². The van der Waals surface area contributed by atoms with E-state index >= 15 is 0 Å². The molecule has 2 aromatic heterocycles. The Morgan fingerprint density at radius 1 is 1.00 bits per heavy atom. The van der Waals surface area contributed by atoms with Crippen molar-refractivity contribution in [2.24, 2.45) is 0 Å². The van der Waals surface area contributed by atoms with Gasteiger partial charge in [0.2, 0.25) is 0 Å². The second kappa shape index (κ2) is 8.19. The Labute approximate surface area is 171 Å². The summed E-state index contributed by atoms with van der Waals surface area (Å²) in [6, 6.07) is 22.0. The number of aromatic nitrogens is 1. The number of pyridine rings is 1. The second-order valence-electron chi connectivity index (χ2n) is 7.68. The fraction of sp³-hybridized carbons (Fsp3) is 0.240. The Morgan fingerprint density at radius 3 is 2.72 bits per heavy atom. The lowest BCUT2D eigenvalue weighted by atomic mass is 9.92. The molecule has 5 rings (SSSR count). The van der Waals surface area contributed by atoms with Gasteiger partial charge in [0, 0.05) is 42.0 Å². The zero-order chi connectivity index (χ0) is 19.5. The minimum atomic E-state index is 0.334. The highest BCUT2D eigenvalue weighted by molar-refractivity contribution is 5.86. The molecule has 2 atom stereocenters. The molecule has 3 heterocycles. The van der Waals surface area contributed by atoms with Crippen LogP contribution in [0.3, 0.4) is 0 Å². The highest BCUT2D eigenvalue weighted by Crippen LogP contribution is 2.29. The lowest BCUT2D eigenvalue weighted by Crippen LogP contribution is -2.45. The number of hydrogen-bond acceptors (Lipinski definition) is 4. The number of nitrogens with zero attached hydrogens (tertiary/aromatic N) is 1. The smallest absolute Gasteiger partial charge is 0.138 e. The van der Waals surface area contributed by atoms with Crippen molar-refractivity contribution in [3.8, 4) is 11.1 Å². The Morgan fingerprint density at radius 2 is 1.86 bits per heavy atom. The van der Waals surface area contributed by atoms with E-state index in [1.54, 1.807) is 6.26 Å². The number of benzene rings is 2. The van der Waals surface area contributed by atoms with Crippen LogP contribution in [0.25, 0.3) is 22.1 Å². The molecule has 1 aliphatic rings. The molecule has 0 aliphatic carbocycles. The van der Waals surface area contributed by atoms with Gasteiger partial charge in [-0.1, -0.05) is 30.3 Å². The minimum absolute atomic E-state index is 0.334. The van der Waals surface area contributed by atoms with Crippen LogP contribution in [0.4, 0.5) is 0 Å². The van der Waals surface area contributed by atoms with E-state index in [4.69, 9.17) is 4.42 Å². The first-order valence-corrected chi connectivity index (χ1v) is 10.3. The van der Waals surface area contributed by atoms with Crippen LogP contribution >= 0.6 is 0 Å². The fourth-order valence-corrected chi connectivity index (χ4v) is 4.36. The Kier molecular flexibility index (Phi) is 5.11. The van der Waals surface area contributed by atoms with Crippen molar-refractivity contribution in [2.45, 2.75) is 31.5 Å². The number of fused-ring (bicyclic) bond motifs is 1. The summed E-state index contributed by atoms with van der Waals surface area (Å²) >= 11 is 0. The van der Waals surface area contributed by atoms with Crippen LogP contribution in [-0.2, 0) is 6.54 Å². The maximum atomic E-state index is 5.82. The molecule has 1 fully saturated rings. The van der Waals surface area contributed by atoms with Gasteiger partial charge in [0.05, 0.1) is 6.26 Å². The normalized spacial score (nSPS) is 19.4. The van der Waals surface area contributed by atoms with E-state index in [1.165, 1.54) is 28.7 Å². The highest BCUT2D eigenvalue weighted by atomic mass is 16.3. The number of rotatable bonds is 5. The molecule has 29 heavy (non-hydrogen) atoms. The van der Waals surface area contributed by atoms with Crippen LogP contribution in [0, 0.1) is 0 Å². The molecular weight excluding hydrogens is 358 g/mol. The highest BCUT2D eigenvalue weighted by Gasteiger charge is 2.25. The van der Waals surface area contributed by atoms with Gasteiger partial charge in [0.1, 0.15) is 5.58 Å². The van der Waals surface area contributed by atoms with E-state index in [2.05, 4.69) is 70.2 Å². The van der Waals surface area contributed by atoms with E-state index in [1.807, 2.05) is 18.5 Å². The average molecular weight is 383 g/mol. The van der Waals surface area contributed by atoms with Crippen molar-refractivity contribution in [2.75, 3.05) is 6.54 Å². The van der Waals surface area contributed by atoms with Gasteiger partial charge in [-0.2, -0.15) is 0 Å². The molecule has 2 N–H and O–H groups in total. The SMILES string of the molecule is c1ccc([C@H]2NCCC[C@H]2NCc2cc(-c3ccncc3)cc3ccoc23)cc1. The van der Waals surface area contributed by atoms with E-state index in [9.17, 15) is 0 Å². The maximum Gasteiger partial charge on any atom is 0.138 e. The van der Waals surface area contributed by atoms with Crippen LogP contribution < -0.4 is 10.6 Å². The summed E-state index contributed by atoms with van der Waals surface area (Å²) in [7, 11) is 0. The number of piperidine rings is 1. The van der Waals surface area contributed by atoms with Crippen molar-refractivity contribution < 1.29 is 4.42 Å². The van der Waals surface area contributed by atoms with E-state index in [0.717, 1.165) is 30.5 Å². The Bertz CT molecular complexity index is 1080. The zero-order valence-electron chi connectivity index (χ0n) is 16.3. The average Bonchev–Trinajstić information content (AvgIpc) is 3.28. The maximum absolute atomic E-state index is 5.82. The van der Waals surface area contributed by atoms with Crippen LogP contribution in [0.2, 0.25) is 0 Å². The third-order valence-corrected chi connectivity index (χ3v) is 5.81. The third kappa shape index (κ3) is 3.82. The molecule has 1 aliphatic heterocycles. The van der Waals surface area contributed by atoms with Gasteiger partial charge in [-0.05, 0) is 66.4 Å². The van der Waals surface area contributed by atoms with Crippen LogP contribution in [-0.4, -0.2) is 17.6 Å². The standard InChI is InChI=1S/C25H25N3O/c1-2-5-19(6-3-1)24-23(7-4-11-27-24)28-17-22-16-21(18-8-12-26-13-9-18)15-20-10-14-29-25(20)22/h1-3,5-6,8-10,12-16,23-24,27-28H,4,7,11,17H2/t23-,24-/m1/s1. The molecule has 0 spiro atoms. The lowest BCUT2D eigenvalue weighted by Gasteiger charge is -2.34. The second-order valence-corrected chi connectivity index (χ2v) is 7.68. The molecular formula is C25H25N3O. The van der Waals surface area contributed by atoms with Crippen molar-refractivity contribution in [3.05, 3.63) is 90.4 Å².